The highest BCUT2D eigenvalue weighted by Gasteiger charge is 2.39. The molecule has 2 aromatic carbocycles. The van der Waals surface area contributed by atoms with Gasteiger partial charge in [-0.05, 0) is 62.6 Å². The van der Waals surface area contributed by atoms with Crippen LogP contribution in [-0.4, -0.2) is 25.5 Å². The van der Waals surface area contributed by atoms with Gasteiger partial charge in [0.25, 0.3) is 0 Å². The van der Waals surface area contributed by atoms with Gasteiger partial charge in [-0.15, -0.1) is 0 Å². The van der Waals surface area contributed by atoms with E-state index in [0.29, 0.717) is 23.3 Å². The highest BCUT2D eigenvalue weighted by atomic mass is 79.9. The van der Waals surface area contributed by atoms with E-state index >= 15 is 0 Å². The Bertz CT molecular complexity index is 1180. The van der Waals surface area contributed by atoms with E-state index in [4.69, 9.17) is 14.2 Å². The first-order valence-corrected chi connectivity index (χ1v) is 12.2. The molecule has 0 spiro atoms. The van der Waals surface area contributed by atoms with Crippen molar-refractivity contribution in [3.05, 3.63) is 80.6 Å². The number of halogens is 1. The molecular formula is C27H28BrNO5. The number of carbonyl (C=O) groups is 2. The quantitative estimate of drug-likeness (QED) is 0.476. The molecule has 1 N–H and O–H groups in total. The number of Topliss-reactive ketones (excluding diaryl/α,β-unsaturated/α-hetero) is 1. The lowest BCUT2D eigenvalue weighted by Crippen LogP contribution is -2.34. The summed E-state index contributed by atoms with van der Waals surface area (Å²) < 4.78 is 17.9. The Kier molecular flexibility index (Phi) is 7.41. The molecule has 4 rings (SSSR count). The van der Waals surface area contributed by atoms with E-state index < -0.39 is 11.9 Å². The molecule has 7 heteroatoms. The summed E-state index contributed by atoms with van der Waals surface area (Å²) in [6.07, 6.45) is 2.05. The Morgan fingerprint density at radius 1 is 1.18 bits per heavy atom. The standard InChI is InChI=1S/C27H28BrNO5/c1-4-33-27(31)24-16(2)29-21-9-6-10-22(30)26(21)25(24)17-11-12-23(32-3)18(13-17)15-34-20-8-5-7-19(28)14-20/h5,7-8,11-14,25,29H,4,6,9-10,15H2,1-3H3/t25-/m1/s1. The molecule has 2 aliphatic rings. The third kappa shape index (κ3) is 4.89. The zero-order valence-electron chi connectivity index (χ0n) is 19.6. The van der Waals surface area contributed by atoms with Gasteiger partial charge < -0.3 is 19.5 Å². The van der Waals surface area contributed by atoms with Crippen molar-refractivity contribution in [1.29, 1.82) is 0 Å². The van der Waals surface area contributed by atoms with E-state index in [9.17, 15) is 9.59 Å². The number of ketones is 1. The minimum absolute atomic E-state index is 0.0656. The molecule has 2 aromatic rings. The van der Waals surface area contributed by atoms with Crippen LogP contribution in [0.15, 0.2) is 69.5 Å². The Labute approximate surface area is 208 Å². The van der Waals surface area contributed by atoms with E-state index in [1.54, 1.807) is 14.0 Å². The summed E-state index contributed by atoms with van der Waals surface area (Å²) in [7, 11) is 1.61. The molecule has 178 valence electrons. The van der Waals surface area contributed by atoms with Crippen molar-refractivity contribution in [2.45, 2.75) is 45.6 Å². The fraction of sp³-hybridized carbons (Fsp3) is 0.333. The fourth-order valence-electron chi connectivity index (χ4n) is 4.60. The second-order valence-corrected chi connectivity index (χ2v) is 9.22. The molecule has 1 atom stereocenters. The summed E-state index contributed by atoms with van der Waals surface area (Å²) >= 11 is 3.46. The second kappa shape index (κ2) is 10.5. The van der Waals surface area contributed by atoms with Crippen molar-refractivity contribution in [1.82, 2.24) is 5.32 Å². The van der Waals surface area contributed by atoms with Crippen LogP contribution in [0.4, 0.5) is 0 Å². The third-order valence-corrected chi connectivity index (χ3v) is 6.59. The van der Waals surface area contributed by atoms with Gasteiger partial charge in [-0.25, -0.2) is 4.79 Å². The molecule has 0 saturated heterocycles. The van der Waals surface area contributed by atoms with Crippen molar-refractivity contribution >= 4 is 27.7 Å². The van der Waals surface area contributed by atoms with Crippen molar-refractivity contribution < 1.29 is 23.8 Å². The molecule has 0 aromatic heterocycles. The normalized spacial score (nSPS) is 17.8. The van der Waals surface area contributed by atoms with Crippen molar-refractivity contribution in [3.8, 4) is 11.5 Å². The number of rotatable bonds is 7. The molecule has 0 bridgehead atoms. The maximum Gasteiger partial charge on any atom is 0.336 e. The van der Waals surface area contributed by atoms with Crippen LogP contribution >= 0.6 is 15.9 Å². The van der Waals surface area contributed by atoms with Gasteiger partial charge in [0, 0.05) is 39.3 Å². The van der Waals surface area contributed by atoms with Gasteiger partial charge >= 0.3 is 5.97 Å². The molecule has 1 heterocycles. The average Bonchev–Trinajstić information content (AvgIpc) is 2.82. The van der Waals surface area contributed by atoms with Crippen LogP contribution in [0.1, 0.15) is 50.2 Å². The molecule has 0 saturated carbocycles. The van der Waals surface area contributed by atoms with Crippen LogP contribution < -0.4 is 14.8 Å². The summed E-state index contributed by atoms with van der Waals surface area (Å²) in [5.74, 6) is 0.550. The highest BCUT2D eigenvalue weighted by Crippen LogP contribution is 2.43. The first-order chi connectivity index (χ1) is 16.4. The highest BCUT2D eigenvalue weighted by molar-refractivity contribution is 9.10. The van der Waals surface area contributed by atoms with Crippen LogP contribution in [0.25, 0.3) is 0 Å². The van der Waals surface area contributed by atoms with Crippen molar-refractivity contribution in [2.75, 3.05) is 13.7 Å². The lowest BCUT2D eigenvalue weighted by atomic mass is 9.75. The molecule has 1 aliphatic heterocycles. The molecule has 0 unspecified atom stereocenters. The number of esters is 1. The Balaban J connectivity index is 1.76. The smallest absolute Gasteiger partial charge is 0.336 e. The number of hydrogen-bond acceptors (Lipinski definition) is 6. The number of nitrogens with one attached hydrogen (secondary N) is 1. The predicted molar refractivity (Wildman–Crippen MR) is 133 cm³/mol. The number of benzene rings is 2. The molecular weight excluding hydrogens is 498 g/mol. The Morgan fingerprint density at radius 3 is 2.74 bits per heavy atom. The van der Waals surface area contributed by atoms with Crippen molar-refractivity contribution in [3.63, 3.8) is 0 Å². The van der Waals surface area contributed by atoms with Gasteiger partial charge in [0.15, 0.2) is 5.78 Å². The van der Waals surface area contributed by atoms with Gasteiger partial charge in [0.2, 0.25) is 0 Å². The van der Waals surface area contributed by atoms with Crippen LogP contribution in [0.5, 0.6) is 11.5 Å². The lowest BCUT2D eigenvalue weighted by molar-refractivity contribution is -0.138. The van der Waals surface area contributed by atoms with Crippen molar-refractivity contribution in [2.24, 2.45) is 0 Å². The SMILES string of the molecule is CCOC(=O)C1=C(C)NC2=C(C(=O)CCC2)[C@@H]1c1ccc(OC)c(COc2cccc(Br)c2)c1. The van der Waals surface area contributed by atoms with Gasteiger partial charge in [-0.2, -0.15) is 0 Å². The monoisotopic (exact) mass is 525 g/mol. The number of dihydropyridines is 1. The minimum atomic E-state index is -0.501. The summed E-state index contributed by atoms with van der Waals surface area (Å²) in [6.45, 7) is 4.18. The van der Waals surface area contributed by atoms with E-state index in [1.807, 2.05) is 49.4 Å². The van der Waals surface area contributed by atoms with Gasteiger partial charge in [-0.3, -0.25) is 4.79 Å². The molecule has 0 radical (unpaired) electrons. The van der Waals surface area contributed by atoms with Crippen LogP contribution in [0.3, 0.4) is 0 Å². The summed E-state index contributed by atoms with van der Waals surface area (Å²) in [4.78, 5) is 26.1. The van der Waals surface area contributed by atoms with Crippen LogP contribution in [-0.2, 0) is 20.9 Å². The molecule has 0 amide bonds. The van der Waals surface area contributed by atoms with Gasteiger partial charge in [-0.1, -0.05) is 28.1 Å². The average molecular weight is 526 g/mol. The van der Waals surface area contributed by atoms with Crippen LogP contribution in [0, 0.1) is 0 Å². The number of carbonyl (C=O) groups excluding carboxylic acids is 2. The summed E-state index contributed by atoms with van der Waals surface area (Å²) in [5, 5.41) is 3.31. The molecule has 1 aliphatic carbocycles. The zero-order chi connectivity index (χ0) is 24.2. The minimum Gasteiger partial charge on any atom is -0.496 e. The third-order valence-electron chi connectivity index (χ3n) is 6.10. The largest absolute Gasteiger partial charge is 0.496 e. The zero-order valence-corrected chi connectivity index (χ0v) is 21.2. The molecule has 34 heavy (non-hydrogen) atoms. The maximum atomic E-state index is 13.1. The van der Waals surface area contributed by atoms with E-state index in [1.165, 1.54) is 0 Å². The molecule has 6 nitrogen and oxygen atoms in total. The van der Waals surface area contributed by atoms with E-state index in [-0.39, 0.29) is 19.0 Å². The lowest BCUT2D eigenvalue weighted by Gasteiger charge is -2.34. The van der Waals surface area contributed by atoms with E-state index in [0.717, 1.165) is 45.6 Å². The summed E-state index contributed by atoms with van der Waals surface area (Å²) in [5.41, 5.74) is 4.41. The Morgan fingerprint density at radius 2 is 2.00 bits per heavy atom. The fourth-order valence-corrected chi connectivity index (χ4v) is 4.98. The maximum absolute atomic E-state index is 13.1. The number of ether oxygens (including phenoxy) is 3. The Hall–Kier alpha value is -3.06. The predicted octanol–water partition coefficient (Wildman–Crippen LogP) is 5.57. The first-order valence-electron chi connectivity index (χ1n) is 11.4. The molecule has 0 fully saturated rings. The van der Waals surface area contributed by atoms with Gasteiger partial charge in [0.1, 0.15) is 18.1 Å². The van der Waals surface area contributed by atoms with E-state index in [2.05, 4.69) is 21.2 Å². The number of allylic oxidation sites excluding steroid dienone is 3. The summed E-state index contributed by atoms with van der Waals surface area (Å²) in [6, 6.07) is 13.4. The number of methoxy groups -OCH3 is 1. The van der Waals surface area contributed by atoms with Crippen LogP contribution in [0.2, 0.25) is 0 Å². The topological polar surface area (TPSA) is 73.9 Å². The second-order valence-electron chi connectivity index (χ2n) is 8.30. The first kappa shape index (κ1) is 24.1. The van der Waals surface area contributed by atoms with Gasteiger partial charge in [0.05, 0.1) is 19.3 Å². The number of hydrogen-bond donors (Lipinski definition) is 1.